The quantitative estimate of drug-likeness (QED) is 0.796. The smallest absolute Gasteiger partial charge is 0.336 e. The highest BCUT2D eigenvalue weighted by Crippen LogP contribution is 2.34. The van der Waals surface area contributed by atoms with Crippen molar-refractivity contribution in [3.05, 3.63) is 47.3 Å². The van der Waals surface area contributed by atoms with Gasteiger partial charge in [0.15, 0.2) is 5.69 Å². The molecule has 0 saturated carbocycles. The third-order valence-corrected chi connectivity index (χ3v) is 4.89. The van der Waals surface area contributed by atoms with Crippen LogP contribution in [0.2, 0.25) is 0 Å². The lowest BCUT2D eigenvalue weighted by molar-refractivity contribution is -0.143. The fourth-order valence-corrected chi connectivity index (χ4v) is 3.58. The van der Waals surface area contributed by atoms with E-state index in [1.165, 1.54) is 4.90 Å². The molecule has 0 aliphatic carbocycles. The van der Waals surface area contributed by atoms with Crippen molar-refractivity contribution in [2.75, 3.05) is 32.7 Å². The Morgan fingerprint density at radius 2 is 1.79 bits per heavy atom. The minimum atomic E-state index is -4.69. The second-order valence-electron chi connectivity index (χ2n) is 7.59. The Kier molecular flexibility index (Phi) is 5.79. The van der Waals surface area contributed by atoms with Crippen molar-refractivity contribution in [2.24, 2.45) is 5.92 Å². The maximum atomic E-state index is 13.9. The largest absolute Gasteiger partial charge is 0.434 e. The summed E-state index contributed by atoms with van der Waals surface area (Å²) in [5.41, 5.74) is -0.447. The molecule has 0 radical (unpaired) electrons. The van der Waals surface area contributed by atoms with E-state index in [1.807, 2.05) is 0 Å². The van der Waals surface area contributed by atoms with Crippen LogP contribution in [-0.2, 0) is 6.18 Å². The maximum Gasteiger partial charge on any atom is 0.434 e. The number of para-hydroxylation sites is 1. The molecule has 0 unspecified atom stereocenters. The molecule has 1 aromatic carbocycles. The van der Waals surface area contributed by atoms with E-state index in [-0.39, 0.29) is 0 Å². The van der Waals surface area contributed by atoms with Crippen LogP contribution in [0.25, 0.3) is 5.69 Å². The number of nitrogens with zero attached hydrogens (tertiary/aromatic N) is 4. The van der Waals surface area contributed by atoms with Gasteiger partial charge in [-0.3, -0.25) is 9.69 Å². The zero-order valence-corrected chi connectivity index (χ0v) is 16.3. The van der Waals surface area contributed by atoms with Crippen LogP contribution in [-0.4, -0.2) is 58.2 Å². The molecule has 0 N–H and O–H groups in total. The topological polar surface area (TPSA) is 41.4 Å². The molecule has 5 nitrogen and oxygen atoms in total. The van der Waals surface area contributed by atoms with E-state index in [2.05, 4.69) is 23.8 Å². The lowest BCUT2D eigenvalue weighted by atomic mass is 10.1. The van der Waals surface area contributed by atoms with E-state index >= 15 is 0 Å². The minimum Gasteiger partial charge on any atom is -0.336 e. The summed E-state index contributed by atoms with van der Waals surface area (Å²) in [5.74, 6) is -0.109. The summed E-state index contributed by atoms with van der Waals surface area (Å²) in [7, 11) is 0. The van der Waals surface area contributed by atoms with Gasteiger partial charge in [0.05, 0.1) is 17.4 Å². The number of amides is 1. The molecular weight excluding hydrogens is 369 g/mol. The van der Waals surface area contributed by atoms with Gasteiger partial charge in [-0.05, 0) is 24.5 Å². The molecule has 1 aromatic heterocycles. The number of carbonyl (C=O) groups is 1. The molecule has 3 rings (SSSR count). The van der Waals surface area contributed by atoms with Gasteiger partial charge in [-0.25, -0.2) is 4.68 Å². The SMILES string of the molecule is Cc1ccccc1-n1ncc(C(=O)N2CCN(CC(C)C)CC2)c1C(F)(F)F. The molecule has 8 heteroatoms. The Bertz CT molecular complexity index is 836. The molecule has 2 aromatic rings. The number of alkyl halides is 3. The van der Waals surface area contributed by atoms with Gasteiger partial charge < -0.3 is 4.90 Å². The highest BCUT2D eigenvalue weighted by atomic mass is 19.4. The minimum absolute atomic E-state index is 0.315. The van der Waals surface area contributed by atoms with Crippen LogP contribution in [0.5, 0.6) is 0 Å². The lowest BCUT2D eigenvalue weighted by Crippen LogP contribution is -2.49. The molecule has 1 saturated heterocycles. The summed E-state index contributed by atoms with van der Waals surface area (Å²) in [6.07, 6.45) is -3.65. The van der Waals surface area contributed by atoms with Crippen molar-refractivity contribution in [3.8, 4) is 5.69 Å². The van der Waals surface area contributed by atoms with Crippen molar-refractivity contribution in [3.63, 3.8) is 0 Å². The van der Waals surface area contributed by atoms with Crippen molar-refractivity contribution >= 4 is 5.91 Å². The van der Waals surface area contributed by atoms with Crippen molar-refractivity contribution in [2.45, 2.75) is 26.9 Å². The Balaban J connectivity index is 1.89. The molecule has 1 fully saturated rings. The van der Waals surface area contributed by atoms with Crippen LogP contribution in [0.4, 0.5) is 13.2 Å². The van der Waals surface area contributed by atoms with Crippen LogP contribution in [0.15, 0.2) is 30.5 Å². The van der Waals surface area contributed by atoms with Gasteiger partial charge in [0.1, 0.15) is 0 Å². The Hall–Kier alpha value is -2.35. The first-order valence-corrected chi connectivity index (χ1v) is 9.41. The van der Waals surface area contributed by atoms with E-state index < -0.39 is 23.3 Å². The molecule has 0 atom stereocenters. The summed E-state index contributed by atoms with van der Waals surface area (Å²) in [5, 5.41) is 3.92. The van der Waals surface area contributed by atoms with Gasteiger partial charge in [0, 0.05) is 32.7 Å². The second-order valence-corrected chi connectivity index (χ2v) is 7.59. The van der Waals surface area contributed by atoms with Crippen LogP contribution >= 0.6 is 0 Å². The van der Waals surface area contributed by atoms with Gasteiger partial charge in [-0.15, -0.1) is 0 Å². The molecular formula is C20H25F3N4O. The normalized spacial score (nSPS) is 16.0. The first-order chi connectivity index (χ1) is 13.2. The Morgan fingerprint density at radius 1 is 1.14 bits per heavy atom. The monoisotopic (exact) mass is 394 g/mol. The number of carbonyl (C=O) groups excluding carboxylic acids is 1. The van der Waals surface area contributed by atoms with Gasteiger partial charge >= 0.3 is 6.18 Å². The highest BCUT2D eigenvalue weighted by molar-refractivity contribution is 5.95. The zero-order chi connectivity index (χ0) is 20.5. The first kappa shape index (κ1) is 20.4. The van der Waals surface area contributed by atoms with Gasteiger partial charge in [0.25, 0.3) is 5.91 Å². The van der Waals surface area contributed by atoms with E-state index in [9.17, 15) is 18.0 Å². The fourth-order valence-electron chi connectivity index (χ4n) is 3.58. The van der Waals surface area contributed by atoms with Crippen molar-refractivity contribution in [1.29, 1.82) is 0 Å². The predicted octanol–water partition coefficient (Wildman–Crippen LogP) is 3.61. The average Bonchev–Trinajstić information content (AvgIpc) is 3.07. The van der Waals surface area contributed by atoms with Crippen LogP contribution < -0.4 is 0 Å². The van der Waals surface area contributed by atoms with E-state index in [0.29, 0.717) is 43.3 Å². The third-order valence-electron chi connectivity index (χ3n) is 4.89. The fraction of sp³-hybridized carbons (Fsp3) is 0.500. The van der Waals surface area contributed by atoms with Crippen LogP contribution in [0, 0.1) is 12.8 Å². The molecule has 0 bridgehead atoms. The summed E-state index contributed by atoms with van der Waals surface area (Å²) in [6.45, 7) is 9.03. The predicted molar refractivity (Wildman–Crippen MR) is 100 cm³/mol. The summed E-state index contributed by atoms with van der Waals surface area (Å²) < 4.78 is 42.4. The summed E-state index contributed by atoms with van der Waals surface area (Å²) >= 11 is 0. The molecule has 0 spiro atoms. The number of hydrogen-bond acceptors (Lipinski definition) is 3. The van der Waals surface area contributed by atoms with Gasteiger partial charge in [0.2, 0.25) is 0 Å². The van der Waals surface area contributed by atoms with Gasteiger partial charge in [-0.1, -0.05) is 32.0 Å². The Labute approximate surface area is 162 Å². The number of hydrogen-bond donors (Lipinski definition) is 0. The van der Waals surface area contributed by atoms with Crippen LogP contribution in [0.1, 0.15) is 35.5 Å². The van der Waals surface area contributed by atoms with Gasteiger partial charge in [-0.2, -0.15) is 18.3 Å². The lowest BCUT2D eigenvalue weighted by Gasteiger charge is -2.35. The molecule has 1 aliphatic rings. The van der Waals surface area contributed by atoms with E-state index in [4.69, 9.17) is 0 Å². The Morgan fingerprint density at radius 3 is 2.36 bits per heavy atom. The number of aromatic nitrogens is 2. The van der Waals surface area contributed by atoms with E-state index in [0.717, 1.165) is 17.4 Å². The van der Waals surface area contributed by atoms with Crippen LogP contribution in [0.3, 0.4) is 0 Å². The number of benzene rings is 1. The third kappa shape index (κ3) is 4.22. The highest BCUT2D eigenvalue weighted by Gasteiger charge is 2.41. The first-order valence-electron chi connectivity index (χ1n) is 9.41. The van der Waals surface area contributed by atoms with Crippen molar-refractivity contribution in [1.82, 2.24) is 19.6 Å². The number of piperazine rings is 1. The average molecular weight is 394 g/mol. The maximum absolute atomic E-state index is 13.9. The van der Waals surface area contributed by atoms with Crippen molar-refractivity contribution < 1.29 is 18.0 Å². The standard InChI is InChI=1S/C20H25F3N4O/c1-14(2)13-25-8-10-26(11-9-25)19(28)16-12-24-27(18(16)20(21,22)23)17-7-5-4-6-15(17)3/h4-7,12,14H,8-11,13H2,1-3H3. The number of aryl methyl sites for hydroxylation is 1. The second kappa shape index (κ2) is 7.95. The van der Waals surface area contributed by atoms with E-state index in [1.54, 1.807) is 31.2 Å². The molecule has 1 amide bonds. The molecule has 152 valence electrons. The molecule has 1 aliphatic heterocycles. The summed E-state index contributed by atoms with van der Waals surface area (Å²) in [4.78, 5) is 16.6. The zero-order valence-electron chi connectivity index (χ0n) is 16.3. The summed E-state index contributed by atoms with van der Waals surface area (Å²) in [6, 6.07) is 6.68. The number of rotatable bonds is 4. The molecule has 28 heavy (non-hydrogen) atoms. The number of halogens is 3. The molecule has 2 heterocycles.